The lowest BCUT2D eigenvalue weighted by Crippen LogP contribution is -2.34. The predicted molar refractivity (Wildman–Crippen MR) is 86.8 cm³/mol. The number of carbonyl (C=O) groups excluding carboxylic acids is 1. The summed E-state index contributed by atoms with van der Waals surface area (Å²) in [6, 6.07) is 0. The molecule has 0 bridgehead atoms. The zero-order chi connectivity index (χ0) is 15.4. The molecule has 0 rings (SSSR count). The number of unbranched alkanes of at least 4 members (excludes halogenated alkanes) is 6. The second-order valence-electron chi connectivity index (χ2n) is 5.93. The Morgan fingerprint density at radius 2 is 1.45 bits per heavy atom. The summed E-state index contributed by atoms with van der Waals surface area (Å²) in [7, 11) is 0. The largest absolute Gasteiger partial charge is 0.456 e. The molecule has 0 aromatic carbocycles. The molecule has 0 saturated carbocycles. The second-order valence-corrected chi connectivity index (χ2v) is 5.93. The van der Waals surface area contributed by atoms with Crippen LogP contribution >= 0.6 is 0 Å². The summed E-state index contributed by atoms with van der Waals surface area (Å²) in [6.45, 7) is 11.8. The van der Waals surface area contributed by atoms with Crippen LogP contribution in [0.25, 0.3) is 0 Å². The minimum atomic E-state index is -0.278. The van der Waals surface area contributed by atoms with Gasteiger partial charge in [-0.1, -0.05) is 65.9 Å². The zero-order valence-corrected chi connectivity index (χ0v) is 14.1. The van der Waals surface area contributed by atoms with Gasteiger partial charge in [-0.3, -0.25) is 0 Å². The molecule has 0 aromatic rings. The first kappa shape index (κ1) is 19.2. The molecule has 0 aliphatic rings. The van der Waals surface area contributed by atoms with Crippen molar-refractivity contribution in [3.05, 3.63) is 12.2 Å². The smallest absolute Gasteiger partial charge is 0.333 e. The van der Waals surface area contributed by atoms with E-state index in [-0.39, 0.29) is 11.6 Å². The Balaban J connectivity index is 4.07. The molecule has 0 N–H and O–H groups in total. The van der Waals surface area contributed by atoms with Crippen molar-refractivity contribution in [2.45, 2.75) is 97.5 Å². The Morgan fingerprint density at radius 3 is 1.90 bits per heavy atom. The lowest BCUT2D eigenvalue weighted by Gasteiger charge is -2.31. The fourth-order valence-electron chi connectivity index (χ4n) is 2.49. The van der Waals surface area contributed by atoms with Crippen LogP contribution in [0.4, 0.5) is 0 Å². The molecule has 2 heteroatoms. The first-order chi connectivity index (χ1) is 9.51. The minimum absolute atomic E-state index is 0.239. The van der Waals surface area contributed by atoms with Gasteiger partial charge in [-0.15, -0.1) is 0 Å². The van der Waals surface area contributed by atoms with Gasteiger partial charge >= 0.3 is 5.97 Å². The zero-order valence-electron chi connectivity index (χ0n) is 14.1. The van der Waals surface area contributed by atoms with Crippen molar-refractivity contribution in [3.8, 4) is 0 Å². The van der Waals surface area contributed by atoms with Crippen LogP contribution in [0.15, 0.2) is 12.2 Å². The molecule has 2 nitrogen and oxygen atoms in total. The van der Waals surface area contributed by atoms with Crippen molar-refractivity contribution < 1.29 is 9.53 Å². The van der Waals surface area contributed by atoms with Crippen LogP contribution in [0.2, 0.25) is 0 Å². The van der Waals surface area contributed by atoms with Gasteiger partial charge in [0.2, 0.25) is 0 Å². The van der Waals surface area contributed by atoms with Gasteiger partial charge in [-0.05, 0) is 32.6 Å². The number of ether oxygens (including phenoxy) is 1. The van der Waals surface area contributed by atoms with E-state index < -0.39 is 0 Å². The third-order valence-electron chi connectivity index (χ3n) is 4.18. The number of rotatable bonds is 12. The maximum atomic E-state index is 11.8. The van der Waals surface area contributed by atoms with Crippen LogP contribution in [0, 0.1) is 0 Å². The highest BCUT2D eigenvalue weighted by Crippen LogP contribution is 2.28. The standard InChI is InChI=1S/C18H34O2/c1-6-9-10-11-12-13-14-15-18(7-2,8-3)20-17(19)16(4)5/h4,6-15H2,1-3,5H3. The fourth-order valence-corrected chi connectivity index (χ4v) is 2.49. The van der Waals surface area contributed by atoms with Crippen LogP contribution in [0.3, 0.4) is 0 Å². The normalized spacial score (nSPS) is 11.4. The summed E-state index contributed by atoms with van der Waals surface area (Å²) in [5.41, 5.74) is 0.218. The summed E-state index contributed by atoms with van der Waals surface area (Å²) in [4.78, 5) is 11.8. The van der Waals surface area contributed by atoms with Gasteiger partial charge in [-0.2, -0.15) is 0 Å². The number of hydrogen-bond acceptors (Lipinski definition) is 2. The Kier molecular flexibility index (Phi) is 10.5. The Morgan fingerprint density at radius 1 is 0.950 bits per heavy atom. The average Bonchev–Trinajstić information content (AvgIpc) is 2.44. The summed E-state index contributed by atoms with van der Waals surface area (Å²) in [5, 5.41) is 0. The van der Waals surface area contributed by atoms with E-state index >= 15 is 0 Å². The molecule has 0 radical (unpaired) electrons. The Labute approximate surface area is 126 Å². The maximum absolute atomic E-state index is 11.8. The molecule has 0 saturated heterocycles. The molecule has 118 valence electrons. The second kappa shape index (κ2) is 10.9. The Hall–Kier alpha value is -0.790. The highest BCUT2D eigenvalue weighted by atomic mass is 16.6. The van der Waals surface area contributed by atoms with E-state index in [0.29, 0.717) is 5.57 Å². The van der Waals surface area contributed by atoms with Crippen molar-refractivity contribution >= 4 is 5.97 Å². The third kappa shape index (κ3) is 7.72. The summed E-state index contributed by atoms with van der Waals surface area (Å²) in [5.74, 6) is -0.239. The van der Waals surface area contributed by atoms with Crippen molar-refractivity contribution in [3.63, 3.8) is 0 Å². The molecule has 0 heterocycles. The molecular weight excluding hydrogens is 248 g/mol. The minimum Gasteiger partial charge on any atom is -0.456 e. The van der Waals surface area contributed by atoms with Crippen molar-refractivity contribution in [2.75, 3.05) is 0 Å². The van der Waals surface area contributed by atoms with Crippen molar-refractivity contribution in [1.29, 1.82) is 0 Å². The van der Waals surface area contributed by atoms with E-state index in [9.17, 15) is 4.79 Å². The molecule has 0 aromatic heterocycles. The molecule has 20 heavy (non-hydrogen) atoms. The van der Waals surface area contributed by atoms with Crippen LogP contribution < -0.4 is 0 Å². The molecule has 0 atom stereocenters. The average molecular weight is 282 g/mol. The lowest BCUT2D eigenvalue weighted by atomic mass is 9.90. The quantitative estimate of drug-likeness (QED) is 0.257. The van der Waals surface area contributed by atoms with Gasteiger partial charge in [0.1, 0.15) is 5.60 Å². The van der Waals surface area contributed by atoms with Crippen LogP contribution in [-0.2, 0) is 9.53 Å². The molecule has 0 amide bonds. The van der Waals surface area contributed by atoms with Gasteiger partial charge in [0, 0.05) is 5.57 Å². The van der Waals surface area contributed by atoms with Crippen LogP contribution in [-0.4, -0.2) is 11.6 Å². The highest BCUT2D eigenvalue weighted by molar-refractivity contribution is 5.87. The van der Waals surface area contributed by atoms with E-state index in [0.717, 1.165) is 25.7 Å². The van der Waals surface area contributed by atoms with Crippen LogP contribution in [0.1, 0.15) is 91.9 Å². The molecule has 0 fully saturated rings. The molecule has 0 aliphatic heterocycles. The molecule has 0 aliphatic carbocycles. The van der Waals surface area contributed by atoms with E-state index in [1.54, 1.807) is 6.92 Å². The SMILES string of the molecule is C=C(C)C(=O)OC(CC)(CC)CCCCCCCCC. The third-order valence-corrected chi connectivity index (χ3v) is 4.18. The molecule has 0 unspecified atom stereocenters. The van der Waals surface area contributed by atoms with Gasteiger partial charge in [0.25, 0.3) is 0 Å². The Bertz CT molecular complexity index is 277. The summed E-state index contributed by atoms with van der Waals surface area (Å²) in [6.07, 6.45) is 11.8. The fraction of sp³-hybridized carbons (Fsp3) is 0.833. The molecular formula is C18H34O2. The highest BCUT2D eigenvalue weighted by Gasteiger charge is 2.30. The summed E-state index contributed by atoms with van der Waals surface area (Å²) >= 11 is 0. The van der Waals surface area contributed by atoms with E-state index in [2.05, 4.69) is 27.4 Å². The van der Waals surface area contributed by atoms with Gasteiger partial charge in [0.05, 0.1) is 0 Å². The predicted octanol–water partition coefficient (Wildman–Crippen LogP) is 5.81. The number of esters is 1. The first-order valence-corrected chi connectivity index (χ1v) is 8.40. The maximum Gasteiger partial charge on any atom is 0.333 e. The number of hydrogen-bond donors (Lipinski definition) is 0. The van der Waals surface area contributed by atoms with Crippen molar-refractivity contribution in [1.82, 2.24) is 0 Å². The van der Waals surface area contributed by atoms with E-state index in [4.69, 9.17) is 4.74 Å². The van der Waals surface area contributed by atoms with Gasteiger partial charge in [0.15, 0.2) is 0 Å². The van der Waals surface area contributed by atoms with Gasteiger partial charge < -0.3 is 4.74 Å². The lowest BCUT2D eigenvalue weighted by molar-refractivity contribution is -0.156. The van der Waals surface area contributed by atoms with Crippen molar-refractivity contribution in [2.24, 2.45) is 0 Å². The van der Waals surface area contributed by atoms with Gasteiger partial charge in [-0.25, -0.2) is 4.79 Å². The molecule has 0 spiro atoms. The van der Waals surface area contributed by atoms with E-state index in [1.165, 1.54) is 38.5 Å². The van der Waals surface area contributed by atoms with E-state index in [1.807, 2.05) is 0 Å². The number of carbonyl (C=O) groups is 1. The monoisotopic (exact) mass is 282 g/mol. The summed E-state index contributed by atoms with van der Waals surface area (Å²) < 4.78 is 5.70. The van der Waals surface area contributed by atoms with Crippen LogP contribution in [0.5, 0.6) is 0 Å². The topological polar surface area (TPSA) is 26.3 Å². The first-order valence-electron chi connectivity index (χ1n) is 8.40.